The summed E-state index contributed by atoms with van der Waals surface area (Å²) in [7, 11) is 0. The number of hydrogen-bond acceptors (Lipinski definition) is 5. The number of anilines is 1. The van der Waals surface area contributed by atoms with Crippen LogP contribution in [0.4, 0.5) is 5.88 Å². The van der Waals surface area contributed by atoms with Crippen LogP contribution in [0.1, 0.15) is 5.56 Å². The Balaban J connectivity index is 2.17. The third-order valence-electron chi connectivity index (χ3n) is 2.84. The third-order valence-corrected chi connectivity index (χ3v) is 2.84. The van der Waals surface area contributed by atoms with Crippen molar-refractivity contribution in [2.75, 3.05) is 5.73 Å². The first-order valence-electron chi connectivity index (χ1n) is 5.85. The number of hydrogen-bond donors (Lipinski definition) is 1. The molecule has 0 radical (unpaired) electrons. The summed E-state index contributed by atoms with van der Waals surface area (Å²) in [6, 6.07) is 9.72. The van der Waals surface area contributed by atoms with Crippen LogP contribution >= 0.6 is 0 Å². The van der Waals surface area contributed by atoms with Gasteiger partial charge in [0.2, 0.25) is 5.88 Å². The van der Waals surface area contributed by atoms with Gasteiger partial charge >= 0.3 is 0 Å². The fraction of sp³-hybridized carbons (Fsp3) is 0.0714. The maximum Gasteiger partial charge on any atom is 0.230 e. The first-order valence-corrected chi connectivity index (χ1v) is 5.85. The second-order valence-electron chi connectivity index (χ2n) is 4.21. The van der Waals surface area contributed by atoms with Crippen LogP contribution in [0.15, 0.2) is 47.2 Å². The Bertz CT molecular complexity index is 689. The molecule has 0 unspecified atom stereocenters. The summed E-state index contributed by atoms with van der Waals surface area (Å²) in [6.45, 7) is 2.03. The van der Waals surface area contributed by atoms with Crippen LogP contribution < -0.4 is 5.73 Å². The minimum absolute atomic E-state index is 0.270. The van der Waals surface area contributed by atoms with Crippen molar-refractivity contribution in [1.29, 1.82) is 0 Å². The lowest BCUT2D eigenvalue weighted by atomic mass is 10.0. The average molecular weight is 252 g/mol. The zero-order chi connectivity index (χ0) is 13.2. The molecule has 2 aromatic heterocycles. The van der Waals surface area contributed by atoms with Crippen molar-refractivity contribution < 1.29 is 4.52 Å². The highest BCUT2D eigenvalue weighted by Crippen LogP contribution is 2.34. The van der Waals surface area contributed by atoms with Crippen molar-refractivity contribution in [3.05, 3.63) is 48.3 Å². The number of nitrogen functional groups attached to an aromatic ring is 1. The van der Waals surface area contributed by atoms with E-state index >= 15 is 0 Å². The Morgan fingerprint density at radius 1 is 1.05 bits per heavy atom. The van der Waals surface area contributed by atoms with Crippen molar-refractivity contribution in [1.82, 2.24) is 15.1 Å². The van der Waals surface area contributed by atoms with Gasteiger partial charge in [0.15, 0.2) is 11.5 Å². The second-order valence-corrected chi connectivity index (χ2v) is 4.21. The zero-order valence-electron chi connectivity index (χ0n) is 10.4. The molecule has 0 aliphatic rings. The Kier molecular flexibility index (Phi) is 2.72. The van der Waals surface area contributed by atoms with E-state index < -0.39 is 0 Å². The van der Waals surface area contributed by atoms with Crippen LogP contribution in [0.2, 0.25) is 0 Å². The molecule has 1 aromatic carbocycles. The third kappa shape index (κ3) is 2.06. The normalized spacial score (nSPS) is 10.6. The minimum atomic E-state index is 0.270. The standard InChI is InChI=1S/C14H12N4O/c1-9-3-5-10(6-4-9)11-12(18-19-13(11)15)14-16-7-2-8-17-14/h2-8H,15H2,1H3. The quantitative estimate of drug-likeness (QED) is 0.758. The molecule has 19 heavy (non-hydrogen) atoms. The van der Waals surface area contributed by atoms with Crippen LogP contribution in [-0.4, -0.2) is 15.1 Å². The molecule has 0 aliphatic heterocycles. The fourth-order valence-corrected chi connectivity index (χ4v) is 1.88. The minimum Gasteiger partial charge on any atom is -0.367 e. The first-order chi connectivity index (χ1) is 9.25. The van der Waals surface area contributed by atoms with Gasteiger partial charge in [-0.1, -0.05) is 35.0 Å². The summed E-state index contributed by atoms with van der Waals surface area (Å²) in [5, 5.41) is 3.96. The van der Waals surface area contributed by atoms with Gasteiger partial charge in [-0.15, -0.1) is 0 Å². The molecule has 2 N–H and O–H groups in total. The van der Waals surface area contributed by atoms with E-state index in [1.165, 1.54) is 5.56 Å². The van der Waals surface area contributed by atoms with Gasteiger partial charge in [0.05, 0.1) is 5.56 Å². The number of nitrogens with zero attached hydrogens (tertiary/aromatic N) is 3. The van der Waals surface area contributed by atoms with Gasteiger partial charge in [0.25, 0.3) is 0 Å². The van der Waals surface area contributed by atoms with E-state index in [1.54, 1.807) is 18.5 Å². The molecule has 0 saturated heterocycles. The largest absolute Gasteiger partial charge is 0.367 e. The maximum atomic E-state index is 5.86. The van der Waals surface area contributed by atoms with Crippen LogP contribution in [0.3, 0.4) is 0 Å². The topological polar surface area (TPSA) is 77.8 Å². The van der Waals surface area contributed by atoms with Gasteiger partial charge in [0, 0.05) is 12.4 Å². The van der Waals surface area contributed by atoms with Crippen molar-refractivity contribution in [2.45, 2.75) is 6.92 Å². The molecule has 0 atom stereocenters. The Morgan fingerprint density at radius 2 is 1.74 bits per heavy atom. The van der Waals surface area contributed by atoms with Gasteiger partial charge in [-0.3, -0.25) is 0 Å². The molecule has 0 fully saturated rings. The van der Waals surface area contributed by atoms with E-state index in [0.717, 1.165) is 11.1 Å². The number of rotatable bonds is 2. The van der Waals surface area contributed by atoms with E-state index in [4.69, 9.17) is 10.3 Å². The van der Waals surface area contributed by atoms with Crippen molar-refractivity contribution in [2.24, 2.45) is 0 Å². The molecule has 0 amide bonds. The van der Waals surface area contributed by atoms with Crippen LogP contribution in [0.25, 0.3) is 22.6 Å². The molecule has 0 saturated carbocycles. The summed E-state index contributed by atoms with van der Waals surface area (Å²) < 4.78 is 5.08. The Morgan fingerprint density at radius 3 is 2.42 bits per heavy atom. The molecule has 5 heteroatoms. The van der Waals surface area contributed by atoms with E-state index in [9.17, 15) is 0 Å². The van der Waals surface area contributed by atoms with Crippen LogP contribution in [0, 0.1) is 6.92 Å². The predicted octanol–water partition coefficient (Wildman–Crippen LogP) is 2.69. The predicted molar refractivity (Wildman–Crippen MR) is 72.1 cm³/mol. The van der Waals surface area contributed by atoms with E-state index in [1.807, 2.05) is 31.2 Å². The molecule has 0 spiro atoms. The summed E-state index contributed by atoms with van der Waals surface area (Å²) in [5.41, 5.74) is 9.26. The summed E-state index contributed by atoms with van der Waals surface area (Å²) in [5.74, 6) is 0.768. The zero-order valence-corrected chi connectivity index (χ0v) is 10.4. The lowest BCUT2D eigenvalue weighted by Gasteiger charge is -2.02. The average Bonchev–Trinajstić information content (AvgIpc) is 2.83. The highest BCUT2D eigenvalue weighted by atomic mass is 16.5. The molecule has 0 aliphatic carbocycles. The van der Waals surface area contributed by atoms with Gasteiger partial charge < -0.3 is 10.3 Å². The highest BCUT2D eigenvalue weighted by molar-refractivity contribution is 5.84. The lowest BCUT2D eigenvalue weighted by Crippen LogP contribution is -1.91. The summed E-state index contributed by atoms with van der Waals surface area (Å²) >= 11 is 0. The molecule has 3 rings (SSSR count). The molecular weight excluding hydrogens is 240 g/mol. The van der Waals surface area contributed by atoms with Gasteiger partial charge in [0.1, 0.15) is 0 Å². The maximum absolute atomic E-state index is 5.86. The molecular formula is C14H12N4O. The Labute approximate surface area is 110 Å². The molecule has 0 bridgehead atoms. The summed E-state index contributed by atoms with van der Waals surface area (Å²) in [6.07, 6.45) is 3.32. The SMILES string of the molecule is Cc1ccc(-c2c(-c3ncccn3)noc2N)cc1. The fourth-order valence-electron chi connectivity index (χ4n) is 1.88. The van der Waals surface area contributed by atoms with Crippen molar-refractivity contribution >= 4 is 5.88 Å². The lowest BCUT2D eigenvalue weighted by molar-refractivity contribution is 0.439. The van der Waals surface area contributed by atoms with Crippen molar-refractivity contribution in [3.8, 4) is 22.6 Å². The number of aromatic nitrogens is 3. The summed E-state index contributed by atoms with van der Waals surface area (Å²) in [4.78, 5) is 8.35. The van der Waals surface area contributed by atoms with Gasteiger partial charge in [-0.2, -0.15) is 0 Å². The number of benzene rings is 1. The molecule has 94 valence electrons. The molecule has 2 heterocycles. The monoisotopic (exact) mass is 252 g/mol. The smallest absolute Gasteiger partial charge is 0.230 e. The van der Waals surface area contributed by atoms with E-state index in [2.05, 4.69) is 15.1 Å². The first kappa shape index (κ1) is 11.4. The Hall–Kier alpha value is -2.69. The van der Waals surface area contributed by atoms with Gasteiger partial charge in [-0.05, 0) is 18.6 Å². The molecule has 3 aromatic rings. The van der Waals surface area contributed by atoms with Crippen molar-refractivity contribution in [3.63, 3.8) is 0 Å². The van der Waals surface area contributed by atoms with E-state index in [0.29, 0.717) is 11.5 Å². The van der Waals surface area contributed by atoms with Crippen LogP contribution in [-0.2, 0) is 0 Å². The number of nitrogens with two attached hydrogens (primary N) is 1. The van der Waals surface area contributed by atoms with Gasteiger partial charge in [-0.25, -0.2) is 9.97 Å². The number of aryl methyl sites for hydroxylation is 1. The highest BCUT2D eigenvalue weighted by Gasteiger charge is 2.18. The van der Waals surface area contributed by atoms with Crippen LogP contribution in [0.5, 0.6) is 0 Å². The molecule has 5 nitrogen and oxygen atoms in total. The second kappa shape index (κ2) is 4.53. The van der Waals surface area contributed by atoms with E-state index in [-0.39, 0.29) is 5.88 Å².